The highest BCUT2D eigenvalue weighted by Gasteiger charge is 2.33. The van der Waals surface area contributed by atoms with Gasteiger partial charge in [-0.1, -0.05) is 6.92 Å². The van der Waals surface area contributed by atoms with Gasteiger partial charge in [-0.2, -0.15) is 18.4 Å². The molecule has 0 fully saturated rings. The lowest BCUT2D eigenvalue weighted by Gasteiger charge is -2.15. The molecule has 1 unspecified atom stereocenters. The number of nitrogens with zero attached hydrogens (tertiary/aromatic N) is 1. The number of nitrogens with one attached hydrogen (secondary N) is 2. The molecule has 0 saturated heterocycles. The van der Waals surface area contributed by atoms with Gasteiger partial charge in [-0.25, -0.2) is 0 Å². The van der Waals surface area contributed by atoms with Crippen LogP contribution >= 0.6 is 0 Å². The van der Waals surface area contributed by atoms with Crippen LogP contribution < -0.4 is 10.6 Å². The van der Waals surface area contributed by atoms with Crippen molar-refractivity contribution in [2.75, 3.05) is 25.5 Å². The number of anilines is 1. The highest BCUT2D eigenvalue weighted by molar-refractivity contribution is 5.53. The maximum Gasteiger partial charge on any atom is 0.417 e. The summed E-state index contributed by atoms with van der Waals surface area (Å²) in [5.74, 6) is 0.287. The van der Waals surface area contributed by atoms with Crippen molar-refractivity contribution >= 4 is 5.69 Å². The highest BCUT2D eigenvalue weighted by Crippen LogP contribution is 2.33. The number of benzene rings is 1. The fraction of sp³-hybridized carbons (Fsp3) is 0.462. The van der Waals surface area contributed by atoms with Crippen molar-refractivity contribution in [2.45, 2.75) is 13.1 Å². The Balaban J connectivity index is 2.85. The molecule has 19 heavy (non-hydrogen) atoms. The fourth-order valence-electron chi connectivity index (χ4n) is 1.70. The summed E-state index contributed by atoms with van der Waals surface area (Å²) in [5.41, 5.74) is -0.892. The van der Waals surface area contributed by atoms with Gasteiger partial charge < -0.3 is 10.6 Å². The molecule has 104 valence electrons. The molecule has 0 aliphatic carbocycles. The summed E-state index contributed by atoms with van der Waals surface area (Å²) in [7, 11) is 1.82. The van der Waals surface area contributed by atoms with Crippen LogP contribution in [0.25, 0.3) is 0 Å². The molecule has 1 aromatic rings. The Labute approximate surface area is 110 Å². The minimum absolute atomic E-state index is 0.287. The maximum atomic E-state index is 12.7. The van der Waals surface area contributed by atoms with Gasteiger partial charge in [0.25, 0.3) is 0 Å². The molecule has 0 amide bonds. The fourth-order valence-corrected chi connectivity index (χ4v) is 1.70. The van der Waals surface area contributed by atoms with E-state index in [1.54, 1.807) is 6.07 Å². The van der Waals surface area contributed by atoms with E-state index in [4.69, 9.17) is 5.26 Å². The number of alkyl halides is 3. The lowest BCUT2D eigenvalue weighted by Crippen LogP contribution is -2.23. The number of hydrogen-bond donors (Lipinski definition) is 2. The summed E-state index contributed by atoms with van der Waals surface area (Å²) in [6.45, 7) is 3.32. The smallest absolute Gasteiger partial charge is 0.385 e. The van der Waals surface area contributed by atoms with Crippen LogP contribution in [0.4, 0.5) is 18.9 Å². The molecule has 0 heterocycles. The Morgan fingerprint density at radius 2 is 2.00 bits per heavy atom. The quantitative estimate of drug-likeness (QED) is 0.865. The second-order valence-corrected chi connectivity index (χ2v) is 4.41. The van der Waals surface area contributed by atoms with E-state index in [1.165, 1.54) is 12.1 Å². The first-order chi connectivity index (χ1) is 8.88. The first kappa shape index (κ1) is 15.3. The first-order valence-corrected chi connectivity index (χ1v) is 5.88. The number of rotatable bonds is 5. The van der Waals surface area contributed by atoms with Gasteiger partial charge >= 0.3 is 6.18 Å². The third-order valence-corrected chi connectivity index (χ3v) is 2.65. The Kier molecular flexibility index (Phi) is 5.19. The van der Waals surface area contributed by atoms with E-state index < -0.39 is 11.7 Å². The molecule has 0 aromatic heterocycles. The van der Waals surface area contributed by atoms with Crippen LogP contribution in [0.5, 0.6) is 0 Å². The third-order valence-electron chi connectivity index (χ3n) is 2.65. The first-order valence-electron chi connectivity index (χ1n) is 5.88. The molecular weight excluding hydrogens is 255 g/mol. The molecule has 0 radical (unpaired) electrons. The Bertz CT molecular complexity index is 463. The Hall–Kier alpha value is -1.74. The van der Waals surface area contributed by atoms with Gasteiger partial charge in [-0.05, 0) is 37.7 Å². The van der Waals surface area contributed by atoms with Crippen LogP contribution in [-0.2, 0) is 6.18 Å². The molecule has 1 atom stereocenters. The van der Waals surface area contributed by atoms with Gasteiger partial charge in [0.05, 0.1) is 17.2 Å². The van der Waals surface area contributed by atoms with Crippen LogP contribution in [0, 0.1) is 17.2 Å². The van der Waals surface area contributed by atoms with Crippen molar-refractivity contribution in [3.63, 3.8) is 0 Å². The van der Waals surface area contributed by atoms with Gasteiger partial charge in [-0.15, -0.1) is 0 Å². The molecule has 6 heteroatoms. The molecule has 1 aromatic carbocycles. The molecule has 0 saturated carbocycles. The summed E-state index contributed by atoms with van der Waals surface area (Å²) in [4.78, 5) is 0. The zero-order valence-electron chi connectivity index (χ0n) is 10.8. The van der Waals surface area contributed by atoms with Crippen LogP contribution in [-0.4, -0.2) is 20.1 Å². The van der Waals surface area contributed by atoms with Crippen molar-refractivity contribution in [3.8, 4) is 6.07 Å². The molecular formula is C13H16F3N3. The predicted molar refractivity (Wildman–Crippen MR) is 67.7 cm³/mol. The van der Waals surface area contributed by atoms with E-state index in [0.717, 1.165) is 12.6 Å². The van der Waals surface area contributed by atoms with Gasteiger partial charge in [-0.3, -0.25) is 0 Å². The molecule has 0 aliphatic rings. The summed E-state index contributed by atoms with van der Waals surface area (Å²) in [5, 5.41) is 14.6. The minimum atomic E-state index is -4.51. The standard InChI is InChI=1S/C13H16F3N3/c1-9(7-18-2)8-19-11-4-3-10(6-17)12(5-11)13(14,15)16/h3-5,9,18-19H,7-8H2,1-2H3. The van der Waals surface area contributed by atoms with Crippen molar-refractivity contribution in [2.24, 2.45) is 5.92 Å². The minimum Gasteiger partial charge on any atom is -0.385 e. The van der Waals surface area contributed by atoms with E-state index in [9.17, 15) is 13.2 Å². The summed E-state index contributed by atoms with van der Waals surface area (Å²) in [6, 6.07) is 5.21. The largest absolute Gasteiger partial charge is 0.417 e. The van der Waals surface area contributed by atoms with Crippen LogP contribution in [0.1, 0.15) is 18.1 Å². The number of nitriles is 1. The number of halogens is 3. The summed E-state index contributed by atoms with van der Waals surface area (Å²) in [6.07, 6.45) is -4.51. The molecule has 0 bridgehead atoms. The summed E-state index contributed by atoms with van der Waals surface area (Å²) >= 11 is 0. The SMILES string of the molecule is CNCC(C)CNc1ccc(C#N)c(C(F)(F)F)c1. The lowest BCUT2D eigenvalue weighted by atomic mass is 10.1. The van der Waals surface area contributed by atoms with Crippen LogP contribution in [0.3, 0.4) is 0 Å². The zero-order chi connectivity index (χ0) is 14.5. The zero-order valence-corrected chi connectivity index (χ0v) is 10.8. The second kappa shape index (κ2) is 6.43. The van der Waals surface area contributed by atoms with E-state index in [1.807, 2.05) is 14.0 Å². The predicted octanol–water partition coefficient (Wildman–Crippen LogP) is 2.84. The van der Waals surface area contributed by atoms with Crippen molar-refractivity contribution in [1.29, 1.82) is 5.26 Å². The second-order valence-electron chi connectivity index (χ2n) is 4.41. The van der Waals surface area contributed by atoms with Gasteiger partial charge in [0.15, 0.2) is 0 Å². The molecule has 3 nitrogen and oxygen atoms in total. The third kappa shape index (κ3) is 4.45. The van der Waals surface area contributed by atoms with E-state index in [-0.39, 0.29) is 11.5 Å². The molecule has 0 spiro atoms. The van der Waals surface area contributed by atoms with Gasteiger partial charge in [0.2, 0.25) is 0 Å². The number of hydrogen-bond acceptors (Lipinski definition) is 3. The maximum absolute atomic E-state index is 12.7. The van der Waals surface area contributed by atoms with Crippen LogP contribution in [0.2, 0.25) is 0 Å². The average molecular weight is 271 g/mol. The summed E-state index contributed by atoms with van der Waals surface area (Å²) < 4.78 is 38.2. The molecule has 0 aliphatic heterocycles. The monoisotopic (exact) mass is 271 g/mol. The van der Waals surface area contributed by atoms with Crippen LogP contribution in [0.15, 0.2) is 18.2 Å². The van der Waals surface area contributed by atoms with E-state index >= 15 is 0 Å². The van der Waals surface area contributed by atoms with Crippen molar-refractivity contribution < 1.29 is 13.2 Å². The average Bonchev–Trinajstić information content (AvgIpc) is 2.35. The van der Waals surface area contributed by atoms with Crippen molar-refractivity contribution in [3.05, 3.63) is 29.3 Å². The van der Waals surface area contributed by atoms with E-state index in [0.29, 0.717) is 12.2 Å². The van der Waals surface area contributed by atoms with E-state index in [2.05, 4.69) is 10.6 Å². The Morgan fingerprint density at radius 1 is 1.32 bits per heavy atom. The Morgan fingerprint density at radius 3 is 2.53 bits per heavy atom. The van der Waals surface area contributed by atoms with Gasteiger partial charge in [0.1, 0.15) is 0 Å². The van der Waals surface area contributed by atoms with Crippen molar-refractivity contribution in [1.82, 2.24) is 5.32 Å². The topological polar surface area (TPSA) is 47.8 Å². The molecule has 2 N–H and O–H groups in total. The highest BCUT2D eigenvalue weighted by atomic mass is 19.4. The molecule has 1 rings (SSSR count). The van der Waals surface area contributed by atoms with Gasteiger partial charge in [0, 0.05) is 12.2 Å². The lowest BCUT2D eigenvalue weighted by molar-refractivity contribution is -0.137. The normalized spacial score (nSPS) is 12.8.